The average Bonchev–Trinajstić information content (AvgIpc) is 2.47. The molecule has 2 rings (SSSR count). The first-order valence-electron chi connectivity index (χ1n) is 7.34. The molecule has 0 saturated carbocycles. The molecule has 1 unspecified atom stereocenters. The predicted molar refractivity (Wildman–Crippen MR) is 97.4 cm³/mol. The Kier molecular flexibility index (Phi) is 5.27. The highest BCUT2D eigenvalue weighted by atomic mass is 32.1. The average molecular weight is 314 g/mol. The molecule has 0 radical (unpaired) electrons. The van der Waals surface area contributed by atoms with Crippen molar-refractivity contribution in [3.63, 3.8) is 0 Å². The molecule has 0 saturated heterocycles. The fraction of sp³-hybridized carbons (Fsp3) is 0.333. The Bertz CT molecular complexity index is 826. The number of nitrogens with zero attached hydrogens (tertiary/aromatic N) is 3. The van der Waals surface area contributed by atoms with E-state index in [2.05, 4.69) is 75.4 Å². The number of allylic oxidation sites excluding steroid dienone is 1. The summed E-state index contributed by atoms with van der Waals surface area (Å²) in [7, 11) is 8.28. The van der Waals surface area contributed by atoms with Gasteiger partial charge in [0.15, 0.2) is 0 Å². The van der Waals surface area contributed by atoms with Gasteiger partial charge in [-0.3, -0.25) is 0 Å². The standard InChI is InChI=1S/C18H24N3S/c1-7-8-15-17(11-13(2)20(3)4)22-18-12-14(21(5)6)9-10-16(18)19-15/h7-13H,1H2,2-6H3/q+1/b15-8+,17-11+. The van der Waals surface area contributed by atoms with Crippen molar-refractivity contribution in [3.05, 3.63) is 46.1 Å². The van der Waals surface area contributed by atoms with Gasteiger partial charge in [0.05, 0.1) is 20.5 Å². The van der Waals surface area contributed by atoms with Gasteiger partial charge in [-0.2, -0.15) is 0 Å². The van der Waals surface area contributed by atoms with Crippen LogP contribution in [0.5, 0.6) is 0 Å². The van der Waals surface area contributed by atoms with E-state index in [9.17, 15) is 0 Å². The zero-order valence-corrected chi connectivity index (χ0v) is 14.8. The first-order chi connectivity index (χ1) is 10.4. The Labute approximate surface area is 136 Å². The number of rotatable bonds is 3. The molecule has 116 valence electrons. The molecule has 0 spiro atoms. The van der Waals surface area contributed by atoms with E-state index in [1.165, 1.54) is 14.8 Å². The van der Waals surface area contributed by atoms with Crippen molar-refractivity contribution in [2.24, 2.45) is 0 Å². The Morgan fingerprint density at radius 3 is 2.64 bits per heavy atom. The summed E-state index contributed by atoms with van der Waals surface area (Å²) in [4.78, 5) is 8.18. The largest absolute Gasteiger partial charge is 0.303 e. The summed E-state index contributed by atoms with van der Waals surface area (Å²) in [6.07, 6.45) is 6.03. The van der Waals surface area contributed by atoms with Crippen LogP contribution in [0.1, 0.15) is 6.92 Å². The molecule has 0 amide bonds. The molecule has 1 atom stereocenters. The van der Waals surface area contributed by atoms with Crippen molar-refractivity contribution in [2.75, 3.05) is 28.2 Å². The number of hydrogen-bond donors (Lipinski definition) is 0. The molecule has 4 heteroatoms. The number of fused-ring (bicyclic) bond motifs is 1. The predicted octanol–water partition coefficient (Wildman–Crippen LogP) is 0.977. The van der Waals surface area contributed by atoms with Crippen LogP contribution in [0.3, 0.4) is 0 Å². The van der Waals surface area contributed by atoms with Gasteiger partial charge in [0.25, 0.3) is 0 Å². The molecule has 2 aliphatic rings. The number of aromatic nitrogens is 1. The molecule has 0 N–H and O–H groups in total. The summed E-state index contributed by atoms with van der Waals surface area (Å²) in [6.45, 7) is 5.99. The second-order valence-corrected chi connectivity index (χ2v) is 6.87. The molecule has 0 aromatic carbocycles. The minimum atomic E-state index is 0.351. The van der Waals surface area contributed by atoms with Crippen LogP contribution in [0.4, 0.5) is 0 Å². The van der Waals surface area contributed by atoms with Gasteiger partial charge in [-0.15, -0.1) is 11.3 Å². The van der Waals surface area contributed by atoms with E-state index in [0.29, 0.717) is 6.04 Å². The van der Waals surface area contributed by atoms with Crippen molar-refractivity contribution >= 4 is 23.5 Å². The minimum absolute atomic E-state index is 0.351. The van der Waals surface area contributed by atoms with E-state index in [0.717, 1.165) is 11.0 Å². The Balaban J connectivity index is 2.82. The van der Waals surface area contributed by atoms with Crippen molar-refractivity contribution < 1.29 is 0 Å². The van der Waals surface area contributed by atoms with Gasteiger partial charge in [-0.1, -0.05) is 12.7 Å². The van der Waals surface area contributed by atoms with Crippen LogP contribution < -0.4 is 19.8 Å². The summed E-state index contributed by atoms with van der Waals surface area (Å²) in [5.41, 5.74) is 1.03. The fourth-order valence-electron chi connectivity index (χ4n) is 2.03. The van der Waals surface area contributed by atoms with Gasteiger partial charge in [0.1, 0.15) is 14.1 Å². The molecule has 1 aliphatic heterocycles. The zero-order valence-electron chi connectivity index (χ0n) is 14.0. The Morgan fingerprint density at radius 1 is 1.32 bits per heavy atom. The summed E-state index contributed by atoms with van der Waals surface area (Å²) >= 11 is 1.78. The molecule has 0 aromatic heterocycles. The maximum absolute atomic E-state index is 4.79. The van der Waals surface area contributed by atoms with Crippen LogP contribution in [-0.2, 0) is 0 Å². The Hall–Kier alpha value is -1.78. The van der Waals surface area contributed by atoms with E-state index in [1.54, 1.807) is 17.4 Å². The van der Waals surface area contributed by atoms with E-state index >= 15 is 0 Å². The maximum Gasteiger partial charge on any atom is 0.201 e. The van der Waals surface area contributed by atoms with Crippen LogP contribution in [0.15, 0.2) is 30.9 Å². The lowest BCUT2D eigenvalue weighted by molar-refractivity contribution is 0.378. The second kappa shape index (κ2) is 6.99. The summed E-state index contributed by atoms with van der Waals surface area (Å²) < 4.78 is 3.30. The van der Waals surface area contributed by atoms with Crippen LogP contribution in [0.25, 0.3) is 22.7 Å². The lowest BCUT2D eigenvalue weighted by Crippen LogP contribution is -2.32. The molecule has 22 heavy (non-hydrogen) atoms. The molecule has 0 bridgehead atoms. The monoisotopic (exact) mass is 314 g/mol. The first kappa shape index (κ1) is 16.6. The van der Waals surface area contributed by atoms with Crippen molar-refractivity contribution in [2.45, 2.75) is 13.0 Å². The van der Waals surface area contributed by atoms with Crippen LogP contribution >= 0.6 is 11.3 Å². The minimum Gasteiger partial charge on any atom is -0.303 e. The summed E-state index contributed by atoms with van der Waals surface area (Å²) in [6, 6.07) is 6.73. The lowest BCUT2D eigenvalue weighted by atomic mass is 10.2. The third-order valence-electron chi connectivity index (χ3n) is 3.66. The Morgan fingerprint density at radius 2 is 2.05 bits per heavy atom. The highest BCUT2D eigenvalue weighted by Crippen LogP contribution is 2.16. The molecule has 1 aliphatic carbocycles. The van der Waals surface area contributed by atoms with Gasteiger partial charge >= 0.3 is 0 Å². The number of hydrogen-bond acceptors (Lipinski definition) is 3. The normalized spacial score (nSPS) is 14.6. The third kappa shape index (κ3) is 3.70. The molecule has 3 nitrogen and oxygen atoms in total. The highest BCUT2D eigenvalue weighted by molar-refractivity contribution is 7.13. The van der Waals surface area contributed by atoms with Crippen LogP contribution in [0.2, 0.25) is 0 Å². The molecular weight excluding hydrogens is 290 g/mol. The number of benzene rings is 1. The molecule has 1 heterocycles. The van der Waals surface area contributed by atoms with Gasteiger partial charge in [-0.25, -0.2) is 9.56 Å². The van der Waals surface area contributed by atoms with Gasteiger partial charge in [0.2, 0.25) is 5.36 Å². The second-order valence-electron chi connectivity index (χ2n) is 5.78. The third-order valence-corrected chi connectivity index (χ3v) is 4.77. The molecular formula is C18H24N3S+. The smallest absolute Gasteiger partial charge is 0.201 e. The van der Waals surface area contributed by atoms with E-state index in [-0.39, 0.29) is 0 Å². The summed E-state index contributed by atoms with van der Waals surface area (Å²) in [5, 5.41) is 2.18. The lowest BCUT2D eigenvalue weighted by Gasteiger charge is -2.15. The summed E-state index contributed by atoms with van der Waals surface area (Å²) in [5.74, 6) is 0. The van der Waals surface area contributed by atoms with Gasteiger partial charge < -0.3 is 4.90 Å². The fourth-order valence-corrected chi connectivity index (χ4v) is 3.15. The SMILES string of the molecule is C=C/C=c1/nc2ccc(=[N+](C)C)cc-2s/c1=C/C(C)N(C)C. The molecule has 0 fully saturated rings. The van der Waals surface area contributed by atoms with Gasteiger partial charge in [0, 0.05) is 18.2 Å². The first-order valence-corrected chi connectivity index (χ1v) is 8.16. The van der Waals surface area contributed by atoms with Gasteiger partial charge in [-0.05, 0) is 39.2 Å². The van der Waals surface area contributed by atoms with Crippen molar-refractivity contribution in [1.29, 1.82) is 0 Å². The van der Waals surface area contributed by atoms with E-state index in [1.807, 2.05) is 6.08 Å². The zero-order chi connectivity index (χ0) is 16.3. The van der Waals surface area contributed by atoms with Crippen LogP contribution in [0, 0.1) is 0 Å². The molecule has 0 aromatic rings. The van der Waals surface area contributed by atoms with Crippen molar-refractivity contribution in [1.82, 2.24) is 14.5 Å². The van der Waals surface area contributed by atoms with Crippen LogP contribution in [-0.4, -0.2) is 44.1 Å². The topological polar surface area (TPSA) is 19.1 Å². The van der Waals surface area contributed by atoms with E-state index in [4.69, 9.17) is 4.98 Å². The van der Waals surface area contributed by atoms with Crippen molar-refractivity contribution in [3.8, 4) is 10.6 Å². The maximum atomic E-state index is 4.79. The van der Waals surface area contributed by atoms with E-state index < -0.39 is 0 Å². The quantitative estimate of drug-likeness (QED) is 0.787. The highest BCUT2D eigenvalue weighted by Gasteiger charge is 2.08.